The zero-order chi connectivity index (χ0) is 16.5. The van der Waals surface area contributed by atoms with Gasteiger partial charge in [0.2, 0.25) is 0 Å². The summed E-state index contributed by atoms with van der Waals surface area (Å²) >= 11 is 0. The van der Waals surface area contributed by atoms with E-state index in [-0.39, 0.29) is 5.91 Å². The zero-order valence-electron chi connectivity index (χ0n) is 13.7. The molecular formula is C19H20N4O. The number of benzene rings is 1. The Morgan fingerprint density at radius 1 is 1.04 bits per heavy atom. The van der Waals surface area contributed by atoms with Gasteiger partial charge >= 0.3 is 0 Å². The Labute approximate surface area is 141 Å². The number of amides is 1. The van der Waals surface area contributed by atoms with E-state index in [0.29, 0.717) is 5.56 Å². The Morgan fingerprint density at radius 3 is 2.67 bits per heavy atom. The Kier molecular flexibility index (Phi) is 3.69. The van der Waals surface area contributed by atoms with E-state index in [1.54, 1.807) is 6.20 Å². The van der Waals surface area contributed by atoms with Crippen LogP contribution in [0.4, 0.5) is 5.69 Å². The summed E-state index contributed by atoms with van der Waals surface area (Å²) in [4.78, 5) is 21.4. The molecule has 5 heteroatoms. The molecule has 1 saturated heterocycles. The summed E-state index contributed by atoms with van der Waals surface area (Å²) in [6.45, 7) is 5.27. The second kappa shape index (κ2) is 6.00. The molecule has 0 atom stereocenters. The third-order valence-corrected chi connectivity index (χ3v) is 4.58. The molecular weight excluding hydrogens is 300 g/mol. The van der Waals surface area contributed by atoms with Crippen LogP contribution in [0.25, 0.3) is 5.65 Å². The highest BCUT2D eigenvalue weighted by Gasteiger charge is 2.24. The van der Waals surface area contributed by atoms with Crippen LogP contribution in [-0.4, -0.2) is 46.4 Å². The van der Waals surface area contributed by atoms with Gasteiger partial charge in [-0.25, -0.2) is 4.98 Å². The van der Waals surface area contributed by atoms with E-state index in [1.165, 1.54) is 11.3 Å². The number of rotatable bonds is 2. The second-order valence-electron chi connectivity index (χ2n) is 6.20. The molecule has 0 bridgehead atoms. The Hall–Kier alpha value is -2.82. The normalized spacial score (nSPS) is 15.0. The summed E-state index contributed by atoms with van der Waals surface area (Å²) in [5.41, 5.74) is 3.89. The van der Waals surface area contributed by atoms with Crippen LogP contribution < -0.4 is 4.90 Å². The molecule has 0 radical (unpaired) electrons. The Balaban J connectivity index is 1.49. The number of piperazine rings is 1. The van der Waals surface area contributed by atoms with Crippen molar-refractivity contribution in [3.8, 4) is 0 Å². The summed E-state index contributed by atoms with van der Waals surface area (Å²) in [6, 6.07) is 12.3. The van der Waals surface area contributed by atoms with Crippen molar-refractivity contribution in [3.63, 3.8) is 0 Å². The minimum absolute atomic E-state index is 0.0655. The number of aromatic nitrogens is 2. The van der Waals surface area contributed by atoms with Crippen LogP contribution in [0.5, 0.6) is 0 Å². The first-order valence-corrected chi connectivity index (χ1v) is 8.25. The number of nitrogens with zero attached hydrogens (tertiary/aromatic N) is 4. The number of anilines is 1. The van der Waals surface area contributed by atoms with Crippen molar-refractivity contribution in [2.75, 3.05) is 31.1 Å². The summed E-state index contributed by atoms with van der Waals surface area (Å²) in [6.07, 6.45) is 5.50. The van der Waals surface area contributed by atoms with Crippen LogP contribution in [-0.2, 0) is 0 Å². The smallest absolute Gasteiger partial charge is 0.257 e. The predicted molar refractivity (Wildman–Crippen MR) is 94.5 cm³/mol. The first-order valence-electron chi connectivity index (χ1n) is 8.25. The van der Waals surface area contributed by atoms with E-state index in [1.807, 2.05) is 33.8 Å². The number of pyridine rings is 1. The Morgan fingerprint density at radius 2 is 1.88 bits per heavy atom. The maximum Gasteiger partial charge on any atom is 0.257 e. The molecule has 0 saturated carbocycles. The van der Waals surface area contributed by atoms with Crippen LogP contribution in [0.2, 0.25) is 0 Å². The maximum absolute atomic E-state index is 12.9. The molecule has 1 aliphatic rings. The number of carbonyl (C=O) groups excluding carboxylic acids is 1. The molecule has 0 unspecified atom stereocenters. The number of carbonyl (C=O) groups is 1. The monoisotopic (exact) mass is 320 g/mol. The first-order chi connectivity index (χ1) is 11.7. The molecule has 0 spiro atoms. The lowest BCUT2D eigenvalue weighted by molar-refractivity contribution is 0.0748. The summed E-state index contributed by atoms with van der Waals surface area (Å²) in [5, 5.41) is 0. The largest absolute Gasteiger partial charge is 0.368 e. The first kappa shape index (κ1) is 14.8. The van der Waals surface area contributed by atoms with Gasteiger partial charge in [-0.1, -0.05) is 12.1 Å². The number of hydrogen-bond donors (Lipinski definition) is 0. The van der Waals surface area contributed by atoms with Crippen molar-refractivity contribution in [3.05, 3.63) is 66.1 Å². The van der Waals surface area contributed by atoms with Crippen LogP contribution >= 0.6 is 0 Å². The summed E-state index contributed by atoms with van der Waals surface area (Å²) in [7, 11) is 0. The zero-order valence-corrected chi connectivity index (χ0v) is 13.7. The van der Waals surface area contributed by atoms with E-state index < -0.39 is 0 Å². The van der Waals surface area contributed by atoms with Gasteiger partial charge in [0.1, 0.15) is 5.65 Å². The quantitative estimate of drug-likeness (QED) is 0.729. The standard InChI is InChI=1S/C19H20N4O/c1-15-4-2-5-16(14-15)21-10-12-23(13-11-21)19(24)17-6-3-8-22-9-7-20-18(17)22/h2-9,14H,10-13H2,1H3. The fraction of sp³-hybridized carbons (Fsp3) is 0.263. The minimum atomic E-state index is 0.0655. The van der Waals surface area contributed by atoms with Crippen molar-refractivity contribution in [2.45, 2.75) is 6.92 Å². The minimum Gasteiger partial charge on any atom is -0.368 e. The van der Waals surface area contributed by atoms with Gasteiger partial charge in [-0.2, -0.15) is 0 Å². The van der Waals surface area contributed by atoms with Crippen molar-refractivity contribution >= 4 is 17.2 Å². The molecule has 122 valence electrons. The van der Waals surface area contributed by atoms with Crippen molar-refractivity contribution in [1.29, 1.82) is 0 Å². The van der Waals surface area contributed by atoms with Crippen molar-refractivity contribution in [2.24, 2.45) is 0 Å². The number of aryl methyl sites for hydroxylation is 1. The number of fused-ring (bicyclic) bond motifs is 1. The van der Waals surface area contributed by atoms with Crippen molar-refractivity contribution in [1.82, 2.24) is 14.3 Å². The van der Waals surface area contributed by atoms with E-state index in [9.17, 15) is 4.79 Å². The molecule has 3 aromatic rings. The highest BCUT2D eigenvalue weighted by atomic mass is 16.2. The average molecular weight is 320 g/mol. The maximum atomic E-state index is 12.9. The van der Waals surface area contributed by atoms with Gasteiger partial charge in [-0.05, 0) is 36.8 Å². The van der Waals surface area contributed by atoms with E-state index >= 15 is 0 Å². The third kappa shape index (κ3) is 2.62. The van der Waals surface area contributed by atoms with E-state index in [4.69, 9.17) is 0 Å². The molecule has 5 nitrogen and oxygen atoms in total. The number of imidazole rings is 1. The predicted octanol–water partition coefficient (Wildman–Crippen LogP) is 2.61. The lowest BCUT2D eigenvalue weighted by atomic mass is 10.1. The molecule has 4 rings (SSSR count). The van der Waals surface area contributed by atoms with Gasteiger partial charge in [-0.3, -0.25) is 4.79 Å². The Bertz CT molecular complexity index is 878. The molecule has 1 aliphatic heterocycles. The van der Waals surface area contributed by atoms with E-state index in [0.717, 1.165) is 31.8 Å². The molecule has 0 N–H and O–H groups in total. The topological polar surface area (TPSA) is 40.9 Å². The van der Waals surface area contributed by atoms with Crippen LogP contribution in [0.1, 0.15) is 15.9 Å². The molecule has 24 heavy (non-hydrogen) atoms. The molecule has 2 aromatic heterocycles. The van der Waals surface area contributed by atoms with Gasteiger partial charge in [0, 0.05) is 50.5 Å². The molecule has 3 heterocycles. The fourth-order valence-electron chi connectivity index (χ4n) is 3.28. The van der Waals surface area contributed by atoms with Gasteiger partial charge < -0.3 is 14.2 Å². The molecule has 1 amide bonds. The highest BCUT2D eigenvalue weighted by molar-refractivity contribution is 5.99. The van der Waals surface area contributed by atoms with Crippen molar-refractivity contribution < 1.29 is 4.79 Å². The fourth-order valence-corrected chi connectivity index (χ4v) is 3.28. The number of hydrogen-bond acceptors (Lipinski definition) is 3. The summed E-state index contributed by atoms with van der Waals surface area (Å²) in [5.74, 6) is 0.0655. The SMILES string of the molecule is Cc1cccc(N2CCN(C(=O)c3cccn4ccnc34)CC2)c1. The lowest BCUT2D eigenvalue weighted by Crippen LogP contribution is -2.48. The molecule has 0 aliphatic carbocycles. The van der Waals surface area contributed by atoms with Crippen LogP contribution in [0, 0.1) is 6.92 Å². The van der Waals surface area contributed by atoms with Gasteiger partial charge in [0.15, 0.2) is 0 Å². The molecule has 1 fully saturated rings. The van der Waals surface area contributed by atoms with E-state index in [2.05, 4.69) is 41.1 Å². The average Bonchev–Trinajstić information content (AvgIpc) is 3.10. The second-order valence-corrected chi connectivity index (χ2v) is 6.20. The lowest BCUT2D eigenvalue weighted by Gasteiger charge is -2.36. The third-order valence-electron chi connectivity index (χ3n) is 4.58. The highest BCUT2D eigenvalue weighted by Crippen LogP contribution is 2.19. The van der Waals surface area contributed by atoms with Gasteiger partial charge in [0.25, 0.3) is 5.91 Å². The summed E-state index contributed by atoms with van der Waals surface area (Å²) < 4.78 is 1.89. The van der Waals surface area contributed by atoms with Gasteiger partial charge in [0.05, 0.1) is 5.56 Å². The van der Waals surface area contributed by atoms with Gasteiger partial charge in [-0.15, -0.1) is 0 Å². The van der Waals surface area contributed by atoms with Crippen LogP contribution in [0.3, 0.4) is 0 Å². The van der Waals surface area contributed by atoms with Crippen LogP contribution in [0.15, 0.2) is 55.0 Å². The molecule has 1 aromatic carbocycles.